The highest BCUT2D eigenvalue weighted by Crippen LogP contribution is 2.27. The van der Waals surface area contributed by atoms with Crippen molar-refractivity contribution in [3.05, 3.63) is 23.8 Å². The highest BCUT2D eigenvalue weighted by molar-refractivity contribution is 14.0. The van der Waals surface area contributed by atoms with Crippen LogP contribution in [0.4, 0.5) is 0 Å². The quantitative estimate of drug-likeness (QED) is 0.474. The number of ether oxygens (including phenoxy) is 2. The lowest BCUT2D eigenvalue weighted by Crippen LogP contribution is -2.30. The van der Waals surface area contributed by atoms with Gasteiger partial charge >= 0.3 is 0 Å². The van der Waals surface area contributed by atoms with Crippen LogP contribution >= 0.6 is 24.0 Å². The van der Waals surface area contributed by atoms with Gasteiger partial charge in [-0.3, -0.25) is 4.99 Å². The molecule has 0 saturated heterocycles. The zero-order chi connectivity index (χ0) is 12.7. The van der Waals surface area contributed by atoms with Crippen LogP contribution in [0.5, 0.6) is 11.5 Å². The van der Waals surface area contributed by atoms with Crippen LogP contribution in [-0.4, -0.2) is 26.7 Å². The average molecular weight is 365 g/mol. The van der Waals surface area contributed by atoms with E-state index in [2.05, 4.69) is 10.3 Å². The van der Waals surface area contributed by atoms with E-state index in [1.165, 1.54) is 0 Å². The summed E-state index contributed by atoms with van der Waals surface area (Å²) < 4.78 is 10.7. The lowest BCUT2D eigenvalue weighted by atomic mass is 10.2. The molecule has 0 radical (unpaired) electrons. The number of benzene rings is 1. The van der Waals surface area contributed by atoms with E-state index in [1.54, 1.807) is 14.2 Å². The molecule has 1 aromatic carbocycles. The van der Waals surface area contributed by atoms with Crippen LogP contribution in [0.1, 0.15) is 12.5 Å². The van der Waals surface area contributed by atoms with Gasteiger partial charge in [0.25, 0.3) is 0 Å². The summed E-state index contributed by atoms with van der Waals surface area (Å²) in [7, 11) is 3.26. The molecule has 0 amide bonds. The largest absolute Gasteiger partial charge is 0.493 e. The van der Waals surface area contributed by atoms with Gasteiger partial charge in [0.2, 0.25) is 0 Å². The third kappa shape index (κ3) is 4.99. The van der Waals surface area contributed by atoms with Gasteiger partial charge in [-0.15, -0.1) is 24.0 Å². The molecule has 0 aliphatic carbocycles. The summed E-state index contributed by atoms with van der Waals surface area (Å²) in [5.74, 6) is 1.88. The van der Waals surface area contributed by atoms with Crippen LogP contribution in [0, 0.1) is 0 Å². The summed E-state index contributed by atoms with van der Waals surface area (Å²) in [4.78, 5) is 3.82. The van der Waals surface area contributed by atoms with E-state index in [0.717, 1.165) is 17.1 Å². The molecule has 1 aromatic rings. The first-order valence-corrected chi connectivity index (χ1v) is 5.47. The Balaban J connectivity index is 0.00000289. The predicted molar refractivity (Wildman–Crippen MR) is 84.0 cm³/mol. The Bertz CT molecular complexity index is 397. The molecule has 0 unspecified atom stereocenters. The molecule has 0 heterocycles. The summed E-state index contributed by atoms with van der Waals surface area (Å²) in [5.41, 5.74) is 6.61. The molecule has 0 spiro atoms. The minimum absolute atomic E-state index is 0. The molecule has 18 heavy (non-hydrogen) atoms. The molecule has 0 aliphatic rings. The number of aliphatic imine (C=N–C) groups is 1. The Labute approximate surface area is 125 Å². The van der Waals surface area contributed by atoms with Crippen LogP contribution in [0.15, 0.2) is 23.2 Å². The fourth-order valence-electron chi connectivity index (χ4n) is 1.37. The fourth-order valence-corrected chi connectivity index (χ4v) is 1.37. The molecular formula is C12H20IN3O2. The molecule has 3 N–H and O–H groups in total. The van der Waals surface area contributed by atoms with E-state index < -0.39 is 0 Å². The molecule has 5 nitrogen and oxygen atoms in total. The van der Waals surface area contributed by atoms with Gasteiger partial charge in [-0.05, 0) is 24.6 Å². The number of hydrogen-bond donors (Lipinski definition) is 2. The molecule has 0 bridgehead atoms. The molecular weight excluding hydrogens is 345 g/mol. The van der Waals surface area contributed by atoms with E-state index in [9.17, 15) is 0 Å². The molecule has 6 heteroatoms. The Morgan fingerprint density at radius 2 is 2.11 bits per heavy atom. The number of nitrogens with one attached hydrogen (secondary N) is 1. The Morgan fingerprint density at radius 3 is 2.67 bits per heavy atom. The molecule has 0 aliphatic heterocycles. The molecule has 0 fully saturated rings. The molecule has 1 rings (SSSR count). The van der Waals surface area contributed by atoms with Gasteiger partial charge in [-0.1, -0.05) is 6.07 Å². The topological polar surface area (TPSA) is 68.9 Å². The maximum atomic E-state index is 5.56. The SMILES string of the molecule is CCOc1cc(CNC(N)=NC)ccc1OC.I. The van der Waals surface area contributed by atoms with Crippen molar-refractivity contribution >= 4 is 29.9 Å². The average Bonchev–Trinajstić information content (AvgIpc) is 2.36. The zero-order valence-electron chi connectivity index (χ0n) is 10.9. The second-order valence-corrected chi connectivity index (χ2v) is 3.38. The Morgan fingerprint density at radius 1 is 1.39 bits per heavy atom. The number of nitrogens with two attached hydrogens (primary N) is 1. The summed E-state index contributed by atoms with van der Waals surface area (Å²) in [5, 5.41) is 2.99. The minimum Gasteiger partial charge on any atom is -0.493 e. The van der Waals surface area contributed by atoms with Gasteiger partial charge in [-0.25, -0.2) is 0 Å². The fraction of sp³-hybridized carbons (Fsp3) is 0.417. The maximum absolute atomic E-state index is 5.56. The van der Waals surface area contributed by atoms with Crippen molar-refractivity contribution in [3.8, 4) is 11.5 Å². The van der Waals surface area contributed by atoms with Gasteiger partial charge in [-0.2, -0.15) is 0 Å². The van der Waals surface area contributed by atoms with Crippen LogP contribution in [0.25, 0.3) is 0 Å². The molecule has 0 atom stereocenters. The monoisotopic (exact) mass is 365 g/mol. The second kappa shape index (κ2) is 8.84. The lowest BCUT2D eigenvalue weighted by molar-refractivity contribution is 0.310. The first-order valence-electron chi connectivity index (χ1n) is 5.47. The first kappa shape index (κ1) is 16.8. The Hall–Kier alpha value is -1.18. The number of halogens is 1. The second-order valence-electron chi connectivity index (χ2n) is 3.38. The van der Waals surface area contributed by atoms with E-state index in [4.69, 9.17) is 15.2 Å². The smallest absolute Gasteiger partial charge is 0.188 e. The van der Waals surface area contributed by atoms with E-state index in [-0.39, 0.29) is 24.0 Å². The van der Waals surface area contributed by atoms with Gasteiger partial charge in [0.1, 0.15) is 0 Å². The first-order chi connectivity index (χ1) is 8.21. The number of hydrogen-bond acceptors (Lipinski definition) is 3. The third-order valence-corrected chi connectivity index (χ3v) is 2.24. The minimum atomic E-state index is 0. The zero-order valence-corrected chi connectivity index (χ0v) is 13.2. The summed E-state index contributed by atoms with van der Waals surface area (Å²) in [6.07, 6.45) is 0. The van der Waals surface area contributed by atoms with Crippen molar-refractivity contribution in [2.24, 2.45) is 10.7 Å². The van der Waals surface area contributed by atoms with E-state index in [0.29, 0.717) is 19.1 Å². The maximum Gasteiger partial charge on any atom is 0.188 e. The summed E-state index contributed by atoms with van der Waals surface area (Å²) >= 11 is 0. The standard InChI is InChI=1S/C12H19N3O2.HI/c1-4-17-11-7-9(5-6-10(11)16-3)8-15-12(13)14-2;/h5-7H,4,8H2,1-3H3,(H3,13,14,15);1H. The van der Waals surface area contributed by atoms with Crippen LogP contribution in [0.2, 0.25) is 0 Å². The van der Waals surface area contributed by atoms with Gasteiger partial charge < -0.3 is 20.5 Å². The number of rotatable bonds is 5. The van der Waals surface area contributed by atoms with E-state index >= 15 is 0 Å². The van der Waals surface area contributed by atoms with Crippen molar-refractivity contribution in [2.75, 3.05) is 20.8 Å². The lowest BCUT2D eigenvalue weighted by Gasteiger charge is -2.11. The van der Waals surface area contributed by atoms with Crippen LogP contribution < -0.4 is 20.5 Å². The van der Waals surface area contributed by atoms with Crippen LogP contribution in [-0.2, 0) is 6.54 Å². The number of methoxy groups -OCH3 is 1. The highest BCUT2D eigenvalue weighted by atomic mass is 127. The van der Waals surface area contributed by atoms with E-state index in [1.807, 2.05) is 25.1 Å². The van der Waals surface area contributed by atoms with Gasteiger partial charge in [0.05, 0.1) is 13.7 Å². The van der Waals surface area contributed by atoms with Crippen LogP contribution in [0.3, 0.4) is 0 Å². The summed E-state index contributed by atoms with van der Waals surface area (Å²) in [6.45, 7) is 3.14. The third-order valence-electron chi connectivity index (χ3n) is 2.24. The number of nitrogens with zero attached hydrogens (tertiary/aromatic N) is 1. The highest BCUT2D eigenvalue weighted by Gasteiger charge is 2.05. The number of guanidine groups is 1. The predicted octanol–water partition coefficient (Wildman–Crippen LogP) is 1.75. The van der Waals surface area contributed by atoms with Crippen molar-refractivity contribution in [1.29, 1.82) is 0 Å². The Kier molecular flexibility index (Phi) is 8.27. The molecule has 102 valence electrons. The van der Waals surface area contributed by atoms with Crippen molar-refractivity contribution in [1.82, 2.24) is 5.32 Å². The molecule has 0 saturated carbocycles. The van der Waals surface area contributed by atoms with Gasteiger partial charge in [0.15, 0.2) is 17.5 Å². The van der Waals surface area contributed by atoms with Crippen molar-refractivity contribution < 1.29 is 9.47 Å². The van der Waals surface area contributed by atoms with Gasteiger partial charge in [0, 0.05) is 13.6 Å². The van der Waals surface area contributed by atoms with Crippen molar-refractivity contribution in [3.63, 3.8) is 0 Å². The van der Waals surface area contributed by atoms with Crippen molar-refractivity contribution in [2.45, 2.75) is 13.5 Å². The molecule has 0 aromatic heterocycles. The normalized spacial score (nSPS) is 10.5. The summed E-state index contributed by atoms with van der Waals surface area (Å²) in [6, 6.07) is 5.76.